The molecule has 1 aliphatic heterocycles. The van der Waals surface area contributed by atoms with Crippen molar-refractivity contribution in [3.8, 4) is 0 Å². The van der Waals surface area contributed by atoms with Gasteiger partial charge in [-0.25, -0.2) is 0 Å². The van der Waals surface area contributed by atoms with Crippen LogP contribution in [0.25, 0.3) is 0 Å². The Morgan fingerprint density at radius 2 is 1.52 bits per heavy atom. The number of rotatable bonds is 13. The van der Waals surface area contributed by atoms with Crippen LogP contribution in [0.1, 0.15) is 64.7 Å². The first-order valence-corrected chi connectivity index (χ1v) is 8.79. The third-order valence-corrected chi connectivity index (χ3v) is 4.20. The maximum atomic E-state index is 10.8. The Bertz CT molecular complexity index is 322. The van der Waals surface area contributed by atoms with Gasteiger partial charge < -0.3 is 29.6 Å². The topological polar surface area (TPSA) is 96.2 Å². The fourth-order valence-corrected chi connectivity index (χ4v) is 2.74. The molecular formula is C17H32O6. The van der Waals surface area contributed by atoms with E-state index in [0.717, 1.165) is 32.1 Å². The van der Waals surface area contributed by atoms with E-state index in [1.807, 2.05) is 0 Å². The number of Topliss-reactive ketones (excluding diaryl/α,β-unsaturated/α-hetero) is 1. The lowest BCUT2D eigenvalue weighted by Gasteiger charge is -2.15. The fourth-order valence-electron chi connectivity index (χ4n) is 2.74. The summed E-state index contributed by atoms with van der Waals surface area (Å²) in [6, 6.07) is 0. The van der Waals surface area contributed by atoms with Gasteiger partial charge in [0.1, 0.15) is 24.1 Å². The van der Waals surface area contributed by atoms with Crippen LogP contribution >= 0.6 is 0 Å². The van der Waals surface area contributed by atoms with Crippen LogP contribution in [0.2, 0.25) is 0 Å². The van der Waals surface area contributed by atoms with Crippen molar-refractivity contribution in [3.05, 3.63) is 0 Å². The van der Waals surface area contributed by atoms with Crippen LogP contribution in [0.3, 0.4) is 0 Å². The molecule has 0 spiro atoms. The van der Waals surface area contributed by atoms with E-state index in [2.05, 4.69) is 0 Å². The molecule has 1 saturated heterocycles. The van der Waals surface area contributed by atoms with Gasteiger partial charge in [-0.2, -0.15) is 0 Å². The van der Waals surface area contributed by atoms with Gasteiger partial charge in [-0.1, -0.05) is 38.5 Å². The fraction of sp³-hybridized carbons (Fsp3) is 0.941. The predicted molar refractivity (Wildman–Crippen MR) is 85.9 cm³/mol. The standard InChI is InChI=1S/C17H32O6/c1-13(19)10-8-6-4-2-3-5-7-9-11-22-17-16(21)15(20)14(12-18)23-17/h14-18,20-21H,2-12H2,1H3/t14-,15?,16?,17+/m0/s1. The van der Waals surface area contributed by atoms with Gasteiger partial charge in [0.05, 0.1) is 6.61 Å². The number of carbonyl (C=O) groups is 1. The highest BCUT2D eigenvalue weighted by molar-refractivity contribution is 5.75. The van der Waals surface area contributed by atoms with Crippen LogP contribution in [0, 0.1) is 0 Å². The maximum Gasteiger partial charge on any atom is 0.186 e. The van der Waals surface area contributed by atoms with Crippen molar-refractivity contribution in [2.75, 3.05) is 13.2 Å². The number of ether oxygens (including phenoxy) is 2. The number of carbonyl (C=O) groups excluding carboxylic acids is 1. The Hall–Kier alpha value is -0.530. The number of hydrogen-bond donors (Lipinski definition) is 3. The summed E-state index contributed by atoms with van der Waals surface area (Å²) in [5, 5.41) is 28.3. The second-order valence-electron chi connectivity index (χ2n) is 6.36. The first kappa shape index (κ1) is 20.5. The maximum absolute atomic E-state index is 10.8. The van der Waals surface area contributed by atoms with Crippen LogP contribution in [-0.4, -0.2) is 58.9 Å². The molecule has 1 rings (SSSR count). The summed E-state index contributed by atoms with van der Waals surface area (Å²) in [7, 11) is 0. The Labute approximate surface area is 138 Å². The van der Waals surface area contributed by atoms with E-state index in [1.165, 1.54) is 19.3 Å². The molecule has 1 fully saturated rings. The van der Waals surface area contributed by atoms with Gasteiger partial charge in [0, 0.05) is 13.0 Å². The number of aliphatic hydroxyl groups excluding tert-OH is 3. The van der Waals surface area contributed by atoms with Crippen molar-refractivity contribution >= 4 is 5.78 Å². The quantitative estimate of drug-likeness (QED) is 0.443. The van der Waals surface area contributed by atoms with E-state index < -0.39 is 24.6 Å². The van der Waals surface area contributed by atoms with Crippen molar-refractivity contribution < 1.29 is 29.6 Å². The van der Waals surface area contributed by atoms with Gasteiger partial charge >= 0.3 is 0 Å². The van der Waals surface area contributed by atoms with Crippen molar-refractivity contribution in [3.63, 3.8) is 0 Å². The summed E-state index contributed by atoms with van der Waals surface area (Å²) >= 11 is 0. The van der Waals surface area contributed by atoms with Crippen LogP contribution in [0.15, 0.2) is 0 Å². The van der Waals surface area contributed by atoms with Crippen molar-refractivity contribution in [2.45, 2.75) is 89.3 Å². The summed E-state index contributed by atoms with van der Waals surface area (Å²) in [6.45, 7) is 1.79. The van der Waals surface area contributed by atoms with E-state index in [-0.39, 0.29) is 12.4 Å². The van der Waals surface area contributed by atoms with Gasteiger partial charge in [0.2, 0.25) is 0 Å². The van der Waals surface area contributed by atoms with E-state index in [1.54, 1.807) is 6.92 Å². The highest BCUT2D eigenvalue weighted by atomic mass is 16.7. The highest BCUT2D eigenvalue weighted by Crippen LogP contribution is 2.22. The Morgan fingerprint density at radius 3 is 2.04 bits per heavy atom. The molecule has 6 heteroatoms. The molecule has 1 aliphatic rings. The minimum Gasteiger partial charge on any atom is -0.394 e. The lowest BCUT2D eigenvalue weighted by molar-refractivity contribution is -0.169. The molecule has 3 N–H and O–H groups in total. The molecule has 2 unspecified atom stereocenters. The Balaban J connectivity index is 1.89. The number of aliphatic hydroxyl groups is 3. The molecule has 23 heavy (non-hydrogen) atoms. The first-order chi connectivity index (χ1) is 11.1. The molecule has 0 aromatic carbocycles. The summed E-state index contributed by atoms with van der Waals surface area (Å²) in [5.74, 6) is 0.277. The van der Waals surface area contributed by atoms with Crippen molar-refractivity contribution in [2.24, 2.45) is 0 Å². The van der Waals surface area contributed by atoms with Crippen molar-refractivity contribution in [1.82, 2.24) is 0 Å². The average molecular weight is 332 g/mol. The average Bonchev–Trinajstić information content (AvgIpc) is 2.80. The molecule has 0 aromatic heterocycles. The van der Waals surface area contributed by atoms with E-state index >= 15 is 0 Å². The minimum absolute atomic E-state index is 0.277. The lowest BCUT2D eigenvalue weighted by atomic mass is 10.1. The van der Waals surface area contributed by atoms with Gasteiger partial charge in [-0.05, 0) is 19.8 Å². The second kappa shape index (κ2) is 11.9. The smallest absolute Gasteiger partial charge is 0.186 e. The second-order valence-corrected chi connectivity index (χ2v) is 6.36. The highest BCUT2D eigenvalue weighted by Gasteiger charge is 2.42. The first-order valence-electron chi connectivity index (χ1n) is 8.79. The molecule has 0 aromatic rings. The molecule has 0 bridgehead atoms. The molecule has 0 saturated carbocycles. The molecule has 0 radical (unpaired) electrons. The van der Waals surface area contributed by atoms with Crippen LogP contribution in [0.5, 0.6) is 0 Å². The molecule has 136 valence electrons. The van der Waals surface area contributed by atoms with Gasteiger partial charge in [0.25, 0.3) is 0 Å². The Morgan fingerprint density at radius 1 is 0.957 bits per heavy atom. The van der Waals surface area contributed by atoms with Crippen LogP contribution in [0.4, 0.5) is 0 Å². The van der Waals surface area contributed by atoms with Gasteiger partial charge in [-0.15, -0.1) is 0 Å². The SMILES string of the molecule is CC(=O)CCCCCCCCCCO[C@@H]1O[C@@H](CO)C(O)C1O. The zero-order chi connectivity index (χ0) is 17.1. The van der Waals surface area contributed by atoms with E-state index in [9.17, 15) is 15.0 Å². The van der Waals surface area contributed by atoms with Crippen molar-refractivity contribution in [1.29, 1.82) is 0 Å². The molecule has 0 aliphatic carbocycles. The zero-order valence-electron chi connectivity index (χ0n) is 14.2. The largest absolute Gasteiger partial charge is 0.394 e. The number of unbranched alkanes of at least 4 members (excludes halogenated alkanes) is 7. The summed E-state index contributed by atoms with van der Waals surface area (Å²) in [6.07, 6.45) is 5.72. The normalized spacial score (nSPS) is 27.5. The summed E-state index contributed by atoms with van der Waals surface area (Å²) in [4.78, 5) is 10.8. The van der Waals surface area contributed by atoms with Gasteiger partial charge in [-0.3, -0.25) is 0 Å². The minimum atomic E-state index is -1.10. The summed E-state index contributed by atoms with van der Waals surface area (Å²) < 4.78 is 10.7. The predicted octanol–water partition coefficient (Wildman–Crippen LogP) is 1.54. The van der Waals surface area contributed by atoms with Crippen LogP contribution < -0.4 is 0 Å². The molecular weight excluding hydrogens is 300 g/mol. The third-order valence-electron chi connectivity index (χ3n) is 4.20. The lowest BCUT2D eigenvalue weighted by Crippen LogP contribution is -2.34. The van der Waals surface area contributed by atoms with E-state index in [0.29, 0.717) is 13.0 Å². The molecule has 0 amide bonds. The number of hydrogen-bond acceptors (Lipinski definition) is 6. The summed E-state index contributed by atoms with van der Waals surface area (Å²) in [5.41, 5.74) is 0. The molecule has 6 nitrogen and oxygen atoms in total. The Kier molecular flexibility index (Phi) is 10.6. The van der Waals surface area contributed by atoms with E-state index in [4.69, 9.17) is 14.6 Å². The third kappa shape index (κ3) is 8.22. The zero-order valence-corrected chi connectivity index (χ0v) is 14.2. The monoisotopic (exact) mass is 332 g/mol. The van der Waals surface area contributed by atoms with Crippen LogP contribution in [-0.2, 0) is 14.3 Å². The number of ketones is 1. The molecule has 4 atom stereocenters. The van der Waals surface area contributed by atoms with Gasteiger partial charge in [0.15, 0.2) is 6.29 Å². The molecule has 1 heterocycles.